The number of fused-ring (bicyclic) bond motifs is 2. The Balaban J connectivity index is 0.000000168. The van der Waals surface area contributed by atoms with Crippen molar-refractivity contribution >= 4 is 109 Å². The fourth-order valence-electron chi connectivity index (χ4n) is 11.8. The molecular weight excluding hydrogens is 1180 g/mol. The number of alkyl halides is 4. The molecule has 6 heterocycles. The number of aromatic nitrogens is 4. The molecule has 4 aromatic carbocycles. The van der Waals surface area contributed by atoms with Crippen LogP contribution in [-0.2, 0) is 20.0 Å². The van der Waals surface area contributed by atoms with Gasteiger partial charge in [-0.15, -0.1) is 0 Å². The Bertz CT molecular complexity index is 3540. The minimum absolute atomic E-state index is 0.102. The summed E-state index contributed by atoms with van der Waals surface area (Å²) < 4.78 is 103. The number of aliphatic hydroxyl groups excluding tert-OH is 2. The van der Waals surface area contributed by atoms with E-state index in [1.807, 2.05) is 55.1 Å². The van der Waals surface area contributed by atoms with Crippen molar-refractivity contribution in [2.75, 3.05) is 112 Å². The van der Waals surface area contributed by atoms with Crippen LogP contribution in [0.1, 0.15) is 88.2 Å². The molecule has 448 valence electrons. The number of nitrogens with one attached hydrogen (secondary N) is 3. The van der Waals surface area contributed by atoms with Crippen molar-refractivity contribution in [3.63, 3.8) is 0 Å². The molecule has 0 radical (unpaired) electrons. The van der Waals surface area contributed by atoms with Crippen LogP contribution in [0.25, 0.3) is 21.8 Å². The lowest BCUT2D eigenvalue weighted by Gasteiger charge is -2.35. The Labute approximate surface area is 490 Å². The molecule has 83 heavy (non-hydrogen) atoms. The predicted molar refractivity (Wildman–Crippen MR) is 324 cm³/mol. The Hall–Kier alpha value is -5.86. The van der Waals surface area contributed by atoms with Crippen LogP contribution in [0.3, 0.4) is 0 Å². The van der Waals surface area contributed by atoms with Gasteiger partial charge >= 0.3 is 0 Å². The molecule has 6 fully saturated rings. The van der Waals surface area contributed by atoms with Crippen molar-refractivity contribution in [1.29, 1.82) is 0 Å². The first-order valence-corrected chi connectivity index (χ1v) is 32.5. The number of rotatable bonds is 14. The Morgan fingerprint density at radius 3 is 1.33 bits per heavy atom. The van der Waals surface area contributed by atoms with Crippen molar-refractivity contribution in [2.45, 2.75) is 103 Å². The molecule has 12 rings (SSSR count). The number of hydrogen-bond donors (Lipinski definition) is 6. The highest BCUT2D eigenvalue weighted by molar-refractivity contribution is 9.10. The Morgan fingerprint density at radius 2 is 0.928 bits per heavy atom. The molecule has 7 N–H and O–H groups in total. The van der Waals surface area contributed by atoms with E-state index in [0.29, 0.717) is 54.0 Å². The zero-order valence-electron chi connectivity index (χ0n) is 46.8. The van der Waals surface area contributed by atoms with E-state index in [0.717, 1.165) is 111 Å². The minimum atomic E-state index is -3.72. The lowest BCUT2D eigenvalue weighted by molar-refractivity contribution is -0.0226. The molecule has 0 atom stereocenters. The smallest absolute Gasteiger partial charge is 0.251 e. The monoisotopic (exact) mass is 1250 g/mol. The number of primary sulfonamides is 1. The van der Waals surface area contributed by atoms with Crippen LogP contribution >= 0.6 is 15.9 Å². The van der Waals surface area contributed by atoms with Gasteiger partial charge in [0.05, 0.1) is 63.6 Å². The third kappa shape index (κ3) is 15.3. The number of piperidine rings is 4. The van der Waals surface area contributed by atoms with E-state index in [1.54, 1.807) is 12.4 Å². The van der Waals surface area contributed by atoms with Gasteiger partial charge in [-0.3, -0.25) is 4.72 Å². The van der Waals surface area contributed by atoms with E-state index in [4.69, 9.17) is 5.11 Å². The quantitative estimate of drug-likeness (QED) is 0.0557. The Kier molecular flexibility index (Phi) is 17.6. The van der Waals surface area contributed by atoms with Crippen LogP contribution in [0.15, 0.2) is 77.8 Å². The van der Waals surface area contributed by atoms with Gasteiger partial charge in [-0.2, -0.15) is 0 Å². The zero-order chi connectivity index (χ0) is 59.0. The fraction of sp³-hybridized carbons (Fsp3) is 0.517. The first-order chi connectivity index (χ1) is 39.4. The maximum absolute atomic E-state index is 13.8. The highest BCUT2D eigenvalue weighted by Gasteiger charge is 2.46. The molecule has 2 aliphatic carbocycles. The molecule has 2 spiro atoms. The van der Waals surface area contributed by atoms with Crippen LogP contribution in [0.2, 0.25) is 0 Å². The van der Waals surface area contributed by atoms with Crippen molar-refractivity contribution in [3.8, 4) is 0 Å². The molecule has 6 aromatic rings. The van der Waals surface area contributed by atoms with E-state index in [9.17, 15) is 39.5 Å². The van der Waals surface area contributed by atoms with Crippen LogP contribution in [0.5, 0.6) is 0 Å². The van der Waals surface area contributed by atoms with Gasteiger partial charge < -0.3 is 40.4 Å². The molecular formula is C58H73BrF4N12O6S2. The lowest BCUT2D eigenvalue weighted by Crippen LogP contribution is -2.39. The summed E-state index contributed by atoms with van der Waals surface area (Å²) in [5.41, 5.74) is 10.5. The molecule has 2 saturated carbocycles. The van der Waals surface area contributed by atoms with E-state index >= 15 is 0 Å². The molecule has 4 saturated heterocycles. The highest BCUT2D eigenvalue weighted by Crippen LogP contribution is 2.55. The van der Waals surface area contributed by atoms with Gasteiger partial charge in [0.1, 0.15) is 24.3 Å². The maximum atomic E-state index is 13.8. The summed E-state index contributed by atoms with van der Waals surface area (Å²) in [5, 5.41) is 30.4. The maximum Gasteiger partial charge on any atom is 0.251 e. The molecule has 0 bridgehead atoms. The van der Waals surface area contributed by atoms with E-state index in [2.05, 4.69) is 89.3 Å². The van der Waals surface area contributed by atoms with Crippen LogP contribution in [0.4, 0.5) is 69.0 Å². The zero-order valence-corrected chi connectivity index (χ0v) is 50.0. The van der Waals surface area contributed by atoms with E-state index in [-0.39, 0.29) is 31.4 Å². The molecule has 0 unspecified atom stereocenters. The Morgan fingerprint density at radius 1 is 0.518 bits per heavy atom. The normalized spacial score (nSPS) is 19.6. The second kappa shape index (κ2) is 24.3. The lowest BCUT2D eigenvalue weighted by atomic mass is 9.93. The number of nitrogens with zero attached hydrogens (tertiary/aromatic N) is 8. The number of halogens is 5. The SMILES string of the molecule is Cc1cc(Nc2ncnc3cc(Br)cc(N4CCC5(CC4)CC5)c23)cc(N2CCC(F)(F)CC2)c1.Cc1cc(Nc2ncnc3cc(NS(=O)(=O)CCO)cc(N4CCC5(CC4)CC5)c23)cc(N2CCC(F)(F)CC2)c1.NS(=O)(=O)CCO. The summed E-state index contributed by atoms with van der Waals surface area (Å²) in [7, 11) is -7.15. The van der Waals surface area contributed by atoms with E-state index in [1.165, 1.54) is 44.9 Å². The number of nitrogens with two attached hydrogens (primary N) is 1. The summed E-state index contributed by atoms with van der Waals surface area (Å²) >= 11 is 3.68. The average molecular weight is 1250 g/mol. The predicted octanol–water partition coefficient (Wildman–Crippen LogP) is 10.4. The number of hydrogen-bond acceptors (Lipinski definition) is 16. The topological polar surface area (TPSA) is 235 Å². The van der Waals surface area contributed by atoms with E-state index < -0.39 is 50.9 Å². The van der Waals surface area contributed by atoms with Crippen LogP contribution in [0, 0.1) is 24.7 Å². The second-order valence-corrected chi connectivity index (χ2v) is 27.9. The molecule has 2 aromatic heterocycles. The van der Waals surface area contributed by atoms with Gasteiger partial charge in [-0.05, 0) is 148 Å². The standard InChI is InChI=1S/C29H36F2N6O3S.C27H30BrF2N5.C2H7NO3S/c1-20-14-21(16-23(15-20)36-10-6-29(30,31)7-11-36)34-27-26-24(32-19-33-27)17-22(35-41(39,40)13-12-38)18-25(26)37-8-4-28(2-3-28)5-9-37;1-18-12-20(16-21(13-18)34-10-6-27(29,30)7-11-34)33-25-24-22(31-17-32-25)14-19(28)15-23(24)35-8-4-26(2-3-26)5-9-35;3-7(5,6)2-1-4/h14-19,35,38H,2-13H2,1H3,(H,32,33,34);12-17H,2-11H2,1H3,(H,31,32,33);4H,1-2H2,(H2,3,5,6). The average Bonchev–Trinajstić information content (AvgIpc) is 4.06. The van der Waals surface area contributed by atoms with Gasteiger partial charge in [0.2, 0.25) is 20.0 Å². The van der Waals surface area contributed by atoms with Crippen LogP contribution in [-0.4, -0.2) is 136 Å². The summed E-state index contributed by atoms with van der Waals surface area (Å²) in [6, 6.07) is 19.9. The number of benzene rings is 4. The third-order valence-electron chi connectivity index (χ3n) is 17.0. The molecule has 4 aliphatic heterocycles. The fourth-order valence-corrected chi connectivity index (χ4v) is 13.3. The highest BCUT2D eigenvalue weighted by atomic mass is 79.9. The van der Waals surface area contributed by atoms with Crippen molar-refractivity contribution < 1.29 is 44.6 Å². The molecule has 18 nitrogen and oxygen atoms in total. The first-order valence-electron chi connectivity index (χ1n) is 28.4. The summed E-state index contributed by atoms with van der Waals surface area (Å²) in [6.45, 7) is 8.25. The van der Waals surface area contributed by atoms with Gasteiger partial charge in [0.15, 0.2) is 0 Å². The minimum Gasteiger partial charge on any atom is -0.395 e. The summed E-state index contributed by atoms with van der Waals surface area (Å²) in [5.74, 6) is -4.56. The van der Waals surface area contributed by atoms with Crippen molar-refractivity contribution in [1.82, 2.24) is 19.9 Å². The number of aliphatic hydroxyl groups is 2. The largest absolute Gasteiger partial charge is 0.395 e. The number of aryl methyl sites for hydroxylation is 2. The van der Waals surface area contributed by atoms with Gasteiger partial charge in [-0.25, -0.2) is 59.5 Å². The van der Waals surface area contributed by atoms with Gasteiger partial charge in [0.25, 0.3) is 11.8 Å². The molecule has 25 heteroatoms. The van der Waals surface area contributed by atoms with Crippen LogP contribution < -0.4 is 40.1 Å². The molecule has 0 amide bonds. The number of sulfonamides is 2. The second-order valence-electron chi connectivity index (χ2n) is 23.4. The third-order valence-corrected chi connectivity index (χ3v) is 19.5. The van der Waals surface area contributed by atoms with Crippen molar-refractivity contribution in [3.05, 3.63) is 88.9 Å². The molecule has 6 aliphatic rings. The van der Waals surface area contributed by atoms with Gasteiger partial charge in [-0.1, -0.05) is 15.9 Å². The van der Waals surface area contributed by atoms with Gasteiger partial charge in [0, 0.05) is 105 Å². The number of anilines is 9. The summed E-state index contributed by atoms with van der Waals surface area (Å²) in [6.07, 6.45) is 12.5. The van der Waals surface area contributed by atoms with Crippen molar-refractivity contribution in [2.24, 2.45) is 16.0 Å². The summed E-state index contributed by atoms with van der Waals surface area (Å²) in [4.78, 5) is 27.1. The first kappa shape index (κ1) is 60.3.